The molecule has 0 saturated carbocycles. The van der Waals surface area contributed by atoms with Crippen molar-refractivity contribution >= 4 is 35.1 Å². The van der Waals surface area contributed by atoms with Crippen molar-refractivity contribution in [2.24, 2.45) is 0 Å². The second-order valence-electron chi connectivity index (χ2n) is 5.18. The average Bonchev–Trinajstić information content (AvgIpc) is 2.53. The monoisotopic (exact) mass is 307 g/mol. The molecule has 0 amide bonds. The topological polar surface area (TPSA) is 53.1 Å². The van der Waals surface area contributed by atoms with Crippen LogP contribution >= 0.6 is 12.4 Å². The second kappa shape index (κ2) is 6.91. The van der Waals surface area contributed by atoms with Crippen LogP contribution in [0, 0.1) is 0 Å². The van der Waals surface area contributed by atoms with Gasteiger partial charge in [-0.15, -0.1) is 12.4 Å². The summed E-state index contributed by atoms with van der Waals surface area (Å²) in [4.78, 5) is 11.8. The zero-order valence-corrected chi connectivity index (χ0v) is 13.3. The number of hydrogen-bond acceptors (Lipinski definition) is 5. The number of aromatic nitrogens is 2. The van der Waals surface area contributed by atoms with E-state index in [1.54, 1.807) is 0 Å². The average molecular weight is 308 g/mol. The van der Waals surface area contributed by atoms with Crippen molar-refractivity contribution in [1.82, 2.24) is 15.3 Å². The number of nitrogens with one attached hydrogen (secondary N) is 2. The highest BCUT2D eigenvalue weighted by Gasteiger charge is 2.21. The Hall–Kier alpha value is -1.59. The molecule has 2 heterocycles. The highest BCUT2D eigenvalue weighted by Crippen LogP contribution is 2.27. The number of para-hydroxylation sites is 2. The third kappa shape index (κ3) is 3.19. The Bertz CT molecular complexity index is 596. The Balaban J connectivity index is 0.00000161. The van der Waals surface area contributed by atoms with Gasteiger partial charge in [0.1, 0.15) is 0 Å². The summed E-state index contributed by atoms with van der Waals surface area (Å²) in [5.41, 5.74) is 1.89. The van der Waals surface area contributed by atoms with Crippen LogP contribution in [0.5, 0.6) is 0 Å². The molecule has 6 heteroatoms. The summed E-state index contributed by atoms with van der Waals surface area (Å²) in [5.74, 6) is 1.84. The third-order valence-corrected chi connectivity index (χ3v) is 3.99. The highest BCUT2D eigenvalue weighted by molar-refractivity contribution is 5.85. The van der Waals surface area contributed by atoms with Gasteiger partial charge in [-0.3, -0.25) is 0 Å². The van der Waals surface area contributed by atoms with Gasteiger partial charge in [0.25, 0.3) is 0 Å². The van der Waals surface area contributed by atoms with E-state index in [1.165, 1.54) is 0 Å². The van der Waals surface area contributed by atoms with Crippen LogP contribution in [0.2, 0.25) is 0 Å². The summed E-state index contributed by atoms with van der Waals surface area (Å²) in [6.07, 6.45) is 2.29. The first-order valence-electron chi connectivity index (χ1n) is 7.18. The molecule has 1 fully saturated rings. The van der Waals surface area contributed by atoms with Gasteiger partial charge < -0.3 is 15.5 Å². The fraction of sp³-hybridized carbons (Fsp3) is 0.467. The molecule has 1 aromatic carbocycles. The van der Waals surface area contributed by atoms with Gasteiger partial charge in [-0.2, -0.15) is 0 Å². The van der Waals surface area contributed by atoms with Gasteiger partial charge >= 0.3 is 0 Å². The number of rotatable bonds is 3. The molecule has 1 saturated heterocycles. The molecule has 2 N–H and O–H groups in total. The van der Waals surface area contributed by atoms with Crippen LogP contribution in [-0.2, 0) is 0 Å². The molecule has 1 aliphatic heterocycles. The van der Waals surface area contributed by atoms with E-state index < -0.39 is 0 Å². The Labute approximate surface area is 131 Å². The van der Waals surface area contributed by atoms with Crippen LogP contribution in [0.3, 0.4) is 0 Å². The van der Waals surface area contributed by atoms with Gasteiger partial charge in [0.05, 0.1) is 11.0 Å². The lowest BCUT2D eigenvalue weighted by Crippen LogP contribution is -2.41. The van der Waals surface area contributed by atoms with Crippen molar-refractivity contribution in [1.29, 1.82) is 0 Å². The maximum absolute atomic E-state index is 4.80. The van der Waals surface area contributed by atoms with Gasteiger partial charge in [0, 0.05) is 26.2 Å². The highest BCUT2D eigenvalue weighted by atomic mass is 35.5. The van der Waals surface area contributed by atoms with E-state index >= 15 is 0 Å². The number of fused-ring (bicyclic) bond motifs is 1. The molecular formula is C15H22ClN5. The van der Waals surface area contributed by atoms with Gasteiger partial charge in [-0.1, -0.05) is 12.1 Å². The van der Waals surface area contributed by atoms with E-state index in [4.69, 9.17) is 4.98 Å². The summed E-state index contributed by atoms with van der Waals surface area (Å²) in [7, 11) is 3.94. The molecule has 114 valence electrons. The first-order valence-corrected chi connectivity index (χ1v) is 7.18. The summed E-state index contributed by atoms with van der Waals surface area (Å²) >= 11 is 0. The molecule has 0 spiro atoms. The molecule has 0 aliphatic carbocycles. The van der Waals surface area contributed by atoms with Gasteiger partial charge in [-0.25, -0.2) is 9.97 Å². The first kappa shape index (κ1) is 15.8. The molecular weight excluding hydrogens is 286 g/mol. The lowest BCUT2D eigenvalue weighted by molar-refractivity contribution is 0.441. The van der Waals surface area contributed by atoms with Crippen molar-refractivity contribution in [2.45, 2.75) is 18.9 Å². The van der Waals surface area contributed by atoms with Crippen molar-refractivity contribution in [3.63, 3.8) is 0 Å². The van der Waals surface area contributed by atoms with E-state index in [0.29, 0.717) is 6.04 Å². The maximum atomic E-state index is 4.80. The van der Waals surface area contributed by atoms with Crippen molar-refractivity contribution < 1.29 is 0 Å². The molecule has 0 atom stereocenters. The SMILES string of the molecule is CNc1nc2ccccc2nc1N1CCC(NC)CC1.Cl. The zero-order valence-electron chi connectivity index (χ0n) is 12.5. The molecule has 0 bridgehead atoms. The van der Waals surface area contributed by atoms with E-state index in [2.05, 4.69) is 20.5 Å². The van der Waals surface area contributed by atoms with E-state index in [-0.39, 0.29) is 12.4 Å². The van der Waals surface area contributed by atoms with Crippen LogP contribution in [0.15, 0.2) is 24.3 Å². The molecule has 5 nitrogen and oxygen atoms in total. The second-order valence-corrected chi connectivity index (χ2v) is 5.18. The fourth-order valence-electron chi connectivity index (χ4n) is 2.76. The Kier molecular flexibility index (Phi) is 5.20. The molecule has 1 aliphatic rings. The Morgan fingerprint density at radius 3 is 2.24 bits per heavy atom. The molecule has 2 aromatic rings. The standard InChI is InChI=1S/C15H21N5.ClH/c1-16-11-7-9-20(10-8-11)15-14(17-2)18-12-5-3-4-6-13(12)19-15;/h3-6,11,16H,7-10H2,1-2H3,(H,17,18);1H. The molecule has 1 aromatic heterocycles. The normalized spacial score (nSPS) is 15.8. The number of piperidine rings is 1. The van der Waals surface area contributed by atoms with Crippen molar-refractivity contribution in [3.05, 3.63) is 24.3 Å². The minimum Gasteiger partial charge on any atom is -0.370 e. The number of hydrogen-bond donors (Lipinski definition) is 2. The molecule has 0 unspecified atom stereocenters. The number of halogens is 1. The van der Waals surface area contributed by atoms with Gasteiger partial charge in [-0.05, 0) is 32.0 Å². The maximum Gasteiger partial charge on any atom is 0.172 e. The summed E-state index contributed by atoms with van der Waals surface area (Å²) < 4.78 is 0. The number of nitrogens with zero attached hydrogens (tertiary/aromatic N) is 3. The molecule has 21 heavy (non-hydrogen) atoms. The summed E-state index contributed by atoms with van der Waals surface area (Å²) in [6.45, 7) is 2.04. The third-order valence-electron chi connectivity index (χ3n) is 3.99. The molecule has 0 radical (unpaired) electrons. The number of anilines is 2. The summed E-state index contributed by atoms with van der Waals surface area (Å²) in [6, 6.07) is 8.64. The van der Waals surface area contributed by atoms with Crippen LogP contribution in [0.1, 0.15) is 12.8 Å². The van der Waals surface area contributed by atoms with Crippen LogP contribution in [0.25, 0.3) is 11.0 Å². The van der Waals surface area contributed by atoms with Crippen molar-refractivity contribution in [2.75, 3.05) is 37.4 Å². The van der Waals surface area contributed by atoms with Gasteiger partial charge in [0.2, 0.25) is 0 Å². The zero-order chi connectivity index (χ0) is 13.9. The van der Waals surface area contributed by atoms with Crippen molar-refractivity contribution in [3.8, 4) is 0 Å². The van der Waals surface area contributed by atoms with Crippen LogP contribution < -0.4 is 15.5 Å². The smallest absolute Gasteiger partial charge is 0.172 e. The lowest BCUT2D eigenvalue weighted by atomic mass is 10.1. The van der Waals surface area contributed by atoms with Crippen LogP contribution in [-0.4, -0.2) is 43.2 Å². The predicted molar refractivity (Wildman–Crippen MR) is 90.6 cm³/mol. The van der Waals surface area contributed by atoms with E-state index in [9.17, 15) is 0 Å². The quantitative estimate of drug-likeness (QED) is 0.911. The summed E-state index contributed by atoms with van der Waals surface area (Å²) in [5, 5.41) is 6.54. The predicted octanol–water partition coefficient (Wildman–Crippen LogP) is 2.28. The minimum absolute atomic E-state index is 0. The lowest BCUT2D eigenvalue weighted by Gasteiger charge is -2.33. The van der Waals surface area contributed by atoms with E-state index in [0.717, 1.165) is 48.6 Å². The minimum atomic E-state index is 0. The molecule has 3 rings (SSSR count). The first-order chi connectivity index (χ1) is 9.81. The Morgan fingerprint density at radius 1 is 1.05 bits per heavy atom. The van der Waals surface area contributed by atoms with E-state index in [1.807, 2.05) is 38.4 Å². The van der Waals surface area contributed by atoms with Gasteiger partial charge in [0.15, 0.2) is 11.6 Å². The number of benzene rings is 1. The van der Waals surface area contributed by atoms with Crippen LogP contribution in [0.4, 0.5) is 11.6 Å². The Morgan fingerprint density at radius 2 is 1.67 bits per heavy atom. The fourth-order valence-corrected chi connectivity index (χ4v) is 2.76. The largest absolute Gasteiger partial charge is 0.370 e.